The molecule has 0 aromatic heterocycles. The van der Waals surface area contributed by atoms with Gasteiger partial charge in [-0.25, -0.2) is 0 Å². The summed E-state index contributed by atoms with van der Waals surface area (Å²) in [6.45, 7) is 0. The summed E-state index contributed by atoms with van der Waals surface area (Å²) in [5, 5.41) is 0.468. The molecule has 3 heteroatoms. The lowest BCUT2D eigenvalue weighted by Crippen LogP contribution is -2.07. The molecule has 1 saturated heterocycles. The van der Waals surface area contributed by atoms with Gasteiger partial charge in [0.25, 0.3) is 0 Å². The molecule has 1 heterocycles. The Bertz CT molecular complexity index is 110. The number of amides is 1. The largest absolute Gasteiger partial charge is 0.273 e. The van der Waals surface area contributed by atoms with Crippen molar-refractivity contribution >= 4 is 17.7 Å². The van der Waals surface area contributed by atoms with Gasteiger partial charge in [-0.05, 0) is 18.6 Å². The van der Waals surface area contributed by atoms with Crippen LogP contribution < -0.4 is 5.73 Å². The van der Waals surface area contributed by atoms with Crippen molar-refractivity contribution in [3.8, 4) is 0 Å². The molecule has 1 fully saturated rings. The van der Waals surface area contributed by atoms with E-state index in [0.29, 0.717) is 11.7 Å². The summed E-state index contributed by atoms with van der Waals surface area (Å²) in [4.78, 5) is 10.3. The van der Waals surface area contributed by atoms with Gasteiger partial charge in [-0.15, -0.1) is 0 Å². The highest BCUT2D eigenvalue weighted by Crippen LogP contribution is 2.28. The van der Waals surface area contributed by atoms with Gasteiger partial charge in [-0.2, -0.15) is 11.8 Å². The summed E-state index contributed by atoms with van der Waals surface area (Å²) < 4.78 is 0. The van der Waals surface area contributed by atoms with Crippen LogP contribution in [0.4, 0.5) is 0 Å². The van der Waals surface area contributed by atoms with Crippen LogP contribution in [0.25, 0.3) is 0 Å². The highest BCUT2D eigenvalue weighted by molar-refractivity contribution is 8.00. The van der Waals surface area contributed by atoms with Gasteiger partial charge in [0, 0.05) is 11.7 Å². The number of hydrogen-bond acceptors (Lipinski definition) is 2. The maximum atomic E-state index is 10.3. The van der Waals surface area contributed by atoms with Crippen molar-refractivity contribution in [1.29, 1.82) is 0 Å². The molecule has 51 valence electrons. The molecule has 2 nitrogen and oxygen atoms in total. The topological polar surface area (TPSA) is 40.9 Å². The van der Waals surface area contributed by atoms with Crippen molar-refractivity contribution in [2.45, 2.75) is 24.5 Å². The molecule has 0 aromatic carbocycles. The third-order valence-electron chi connectivity index (χ3n) is 1.44. The Morgan fingerprint density at radius 3 is 3.00 bits per heavy atom. The number of rotatable bonds is 2. The van der Waals surface area contributed by atoms with Crippen molar-refractivity contribution in [3.05, 3.63) is 0 Å². The third-order valence-corrected chi connectivity index (χ3v) is 2.84. The molecule has 1 aliphatic heterocycles. The fraction of sp³-hybridized carbons (Fsp3) is 0.833. The van der Waals surface area contributed by atoms with E-state index in [9.17, 15) is 4.79 Å². The van der Waals surface area contributed by atoms with E-state index in [-0.39, 0.29) is 0 Å². The Hall–Kier alpha value is -0.180. The van der Waals surface area contributed by atoms with Gasteiger partial charge in [0.1, 0.15) is 0 Å². The first-order chi connectivity index (χ1) is 4.29. The smallest absolute Gasteiger partial charge is 0.239 e. The average molecular weight is 144 g/mol. The lowest BCUT2D eigenvalue weighted by atomic mass is 10.2. The molecular weight excluding hydrogens is 134 g/mol. The first kappa shape index (κ1) is 6.93. The van der Waals surface area contributed by atoms with E-state index in [1.807, 2.05) is 11.8 Å². The van der Waals surface area contributed by atoms with Gasteiger partial charge in [0.15, 0.2) is 0 Å². The van der Waals surface area contributed by atoms with Gasteiger partial charge in [0.2, 0.25) is 5.91 Å². The van der Waals surface area contributed by atoms with Crippen molar-refractivity contribution in [2.24, 2.45) is 0 Å². The molecule has 1 amide bonds. The fourth-order valence-electron chi connectivity index (χ4n) is 1.01. The Kier molecular flexibility index (Phi) is 2.39. The van der Waals surface area contributed by atoms with Crippen LogP contribution in [-0.2, 0) is 4.79 Å². The summed E-state index contributed by atoms with van der Waals surface area (Å²) in [6.07, 6.45) is 2.82. The Morgan fingerprint density at radius 1 is 1.78 bits per heavy atom. The second-order valence-corrected chi connectivity index (χ2v) is 3.67. The third kappa shape index (κ3) is 2.26. The van der Waals surface area contributed by atoms with Crippen LogP contribution in [0.1, 0.15) is 19.3 Å². The first-order valence-corrected chi connectivity index (χ1v) is 4.20. The minimum absolute atomic E-state index is 0.408. The van der Waals surface area contributed by atoms with Crippen LogP contribution in [0.3, 0.4) is 0 Å². The lowest BCUT2D eigenvalue weighted by Gasteiger charge is -2.01. The van der Waals surface area contributed by atoms with Crippen LogP contribution >= 0.6 is 11.8 Å². The second-order valence-electron chi connectivity index (χ2n) is 2.26. The van der Waals surface area contributed by atoms with Crippen molar-refractivity contribution in [1.82, 2.24) is 5.73 Å². The zero-order chi connectivity index (χ0) is 6.69. The van der Waals surface area contributed by atoms with E-state index in [1.165, 1.54) is 12.2 Å². The first-order valence-electron chi connectivity index (χ1n) is 3.15. The van der Waals surface area contributed by atoms with Crippen molar-refractivity contribution in [3.63, 3.8) is 0 Å². The van der Waals surface area contributed by atoms with Crippen molar-refractivity contribution in [2.75, 3.05) is 5.75 Å². The molecule has 0 aliphatic carbocycles. The summed E-state index contributed by atoms with van der Waals surface area (Å²) in [7, 11) is 0. The predicted molar refractivity (Wildman–Crippen MR) is 38.2 cm³/mol. The number of thioether (sulfide) groups is 1. The summed E-state index contributed by atoms with van der Waals surface area (Å²) in [5.74, 6) is 0.771. The lowest BCUT2D eigenvalue weighted by molar-refractivity contribution is -0.118. The van der Waals surface area contributed by atoms with Crippen LogP contribution in [0.5, 0.6) is 0 Å². The molecule has 9 heavy (non-hydrogen) atoms. The van der Waals surface area contributed by atoms with Crippen LogP contribution in [-0.4, -0.2) is 16.9 Å². The van der Waals surface area contributed by atoms with E-state index >= 15 is 0 Å². The van der Waals surface area contributed by atoms with E-state index in [0.717, 1.165) is 6.42 Å². The average Bonchev–Trinajstić information content (AvgIpc) is 2.15. The zero-order valence-electron chi connectivity index (χ0n) is 5.22. The molecule has 1 rings (SSSR count). The van der Waals surface area contributed by atoms with Crippen LogP contribution in [0, 0.1) is 0 Å². The van der Waals surface area contributed by atoms with E-state index in [2.05, 4.69) is 0 Å². The molecule has 1 atom stereocenters. The predicted octanol–water partition coefficient (Wildman–Crippen LogP) is 1.08. The Labute approximate surface area is 59.2 Å². The van der Waals surface area contributed by atoms with E-state index in [4.69, 9.17) is 5.73 Å². The molecule has 1 N–H and O–H groups in total. The molecule has 0 bridgehead atoms. The van der Waals surface area contributed by atoms with Crippen LogP contribution in [0.15, 0.2) is 0 Å². The molecule has 0 aromatic rings. The number of hydrogen-bond donors (Lipinski definition) is 0. The number of carbonyl (C=O) groups excluding carboxylic acids is 1. The van der Waals surface area contributed by atoms with E-state index < -0.39 is 5.91 Å². The number of carbonyl (C=O) groups is 1. The maximum absolute atomic E-state index is 10.3. The SMILES string of the molecule is [NH]C(=O)CC1CCCS1. The van der Waals surface area contributed by atoms with Crippen LogP contribution in [0.2, 0.25) is 0 Å². The summed E-state index contributed by atoms with van der Waals surface area (Å²) in [5.41, 5.74) is 6.69. The van der Waals surface area contributed by atoms with Gasteiger partial charge in [-0.1, -0.05) is 0 Å². The molecule has 1 radical (unpaired) electrons. The van der Waals surface area contributed by atoms with Gasteiger partial charge in [-0.3, -0.25) is 10.5 Å². The van der Waals surface area contributed by atoms with E-state index in [1.54, 1.807) is 0 Å². The van der Waals surface area contributed by atoms with Gasteiger partial charge in [0.05, 0.1) is 0 Å². The highest BCUT2D eigenvalue weighted by atomic mass is 32.2. The quantitative estimate of drug-likeness (QED) is 0.582. The zero-order valence-corrected chi connectivity index (χ0v) is 6.04. The monoisotopic (exact) mass is 144 g/mol. The highest BCUT2D eigenvalue weighted by Gasteiger charge is 2.17. The minimum Gasteiger partial charge on any atom is -0.273 e. The maximum Gasteiger partial charge on any atom is 0.239 e. The molecular formula is C6H10NOS. The fourth-order valence-corrected chi connectivity index (χ4v) is 2.28. The Morgan fingerprint density at radius 2 is 2.56 bits per heavy atom. The normalized spacial score (nSPS) is 26.4. The second kappa shape index (κ2) is 3.11. The number of nitrogens with one attached hydrogen (secondary N) is 1. The molecule has 0 spiro atoms. The Balaban J connectivity index is 2.19. The minimum atomic E-state index is -0.408. The van der Waals surface area contributed by atoms with Gasteiger partial charge < -0.3 is 0 Å². The summed E-state index contributed by atoms with van der Waals surface area (Å²) >= 11 is 1.83. The molecule has 0 saturated carbocycles. The summed E-state index contributed by atoms with van der Waals surface area (Å²) in [6, 6.07) is 0. The van der Waals surface area contributed by atoms with Crippen molar-refractivity contribution < 1.29 is 4.79 Å². The van der Waals surface area contributed by atoms with Gasteiger partial charge >= 0.3 is 0 Å². The molecule has 1 unspecified atom stereocenters. The molecule has 1 aliphatic rings. The standard InChI is InChI=1S/C6H10NOS/c7-6(8)4-5-2-1-3-9-5/h5,7H,1-4H2.